The standard InChI is InChI=1S/C26H31N3O4/c1-27-14-12-20(13-15-27)28(2)24-23(19-10-11-21(32-3)22(16-19)33-4)25(30)29(26(24)31)17-18-8-6-5-7-9-18/h5-11,16,20H,12-15,17H2,1-4H3. The summed E-state index contributed by atoms with van der Waals surface area (Å²) in [5.41, 5.74) is 2.43. The number of carbonyl (C=O) groups is 2. The Hall–Kier alpha value is -3.32. The number of benzene rings is 2. The quantitative estimate of drug-likeness (QED) is 0.606. The maximum absolute atomic E-state index is 13.7. The lowest BCUT2D eigenvalue weighted by Crippen LogP contribution is -2.43. The van der Waals surface area contributed by atoms with E-state index in [-0.39, 0.29) is 24.4 Å². The van der Waals surface area contributed by atoms with Crippen molar-refractivity contribution in [3.05, 3.63) is 65.4 Å². The van der Waals surface area contributed by atoms with Crippen molar-refractivity contribution >= 4 is 17.4 Å². The van der Waals surface area contributed by atoms with Crippen molar-refractivity contribution < 1.29 is 19.1 Å². The van der Waals surface area contributed by atoms with E-state index in [2.05, 4.69) is 11.9 Å². The number of likely N-dealkylation sites (tertiary alicyclic amines) is 1. The van der Waals surface area contributed by atoms with Gasteiger partial charge in [-0.05, 0) is 56.2 Å². The summed E-state index contributed by atoms with van der Waals surface area (Å²) in [6.07, 6.45) is 1.88. The third-order valence-electron chi connectivity index (χ3n) is 6.59. The molecule has 174 valence electrons. The summed E-state index contributed by atoms with van der Waals surface area (Å²) in [6, 6.07) is 15.1. The number of carbonyl (C=O) groups excluding carboxylic acids is 2. The van der Waals surface area contributed by atoms with Gasteiger partial charge < -0.3 is 19.3 Å². The molecule has 2 heterocycles. The molecule has 7 nitrogen and oxygen atoms in total. The molecule has 0 radical (unpaired) electrons. The monoisotopic (exact) mass is 449 g/mol. The first-order valence-corrected chi connectivity index (χ1v) is 11.2. The maximum Gasteiger partial charge on any atom is 0.278 e. The number of amides is 2. The second-order valence-corrected chi connectivity index (χ2v) is 8.62. The highest BCUT2D eigenvalue weighted by molar-refractivity contribution is 6.35. The van der Waals surface area contributed by atoms with Crippen LogP contribution in [0.25, 0.3) is 5.57 Å². The Morgan fingerprint density at radius 3 is 2.24 bits per heavy atom. The van der Waals surface area contributed by atoms with Crippen LogP contribution in [0.15, 0.2) is 54.2 Å². The fourth-order valence-corrected chi connectivity index (χ4v) is 4.62. The van der Waals surface area contributed by atoms with E-state index in [0.717, 1.165) is 31.5 Å². The first-order chi connectivity index (χ1) is 15.9. The van der Waals surface area contributed by atoms with E-state index in [1.54, 1.807) is 26.4 Å². The van der Waals surface area contributed by atoms with E-state index < -0.39 is 0 Å². The summed E-state index contributed by atoms with van der Waals surface area (Å²) in [4.78, 5) is 33.0. The highest BCUT2D eigenvalue weighted by Gasteiger charge is 2.42. The molecular weight excluding hydrogens is 418 g/mol. The summed E-state index contributed by atoms with van der Waals surface area (Å²) in [5, 5.41) is 0. The first kappa shape index (κ1) is 22.9. The van der Waals surface area contributed by atoms with Crippen molar-refractivity contribution in [1.82, 2.24) is 14.7 Å². The summed E-state index contributed by atoms with van der Waals surface area (Å²) < 4.78 is 10.8. The Morgan fingerprint density at radius 1 is 0.939 bits per heavy atom. The van der Waals surface area contributed by atoms with E-state index in [1.807, 2.05) is 48.3 Å². The van der Waals surface area contributed by atoms with Crippen LogP contribution in [0.3, 0.4) is 0 Å². The number of ether oxygens (including phenoxy) is 2. The fraction of sp³-hybridized carbons (Fsp3) is 0.385. The molecule has 1 fully saturated rings. The van der Waals surface area contributed by atoms with Gasteiger partial charge in [0.15, 0.2) is 11.5 Å². The van der Waals surface area contributed by atoms with E-state index in [1.165, 1.54) is 4.90 Å². The van der Waals surface area contributed by atoms with Crippen molar-refractivity contribution in [2.24, 2.45) is 0 Å². The van der Waals surface area contributed by atoms with E-state index in [0.29, 0.717) is 28.3 Å². The Bertz CT molecular complexity index is 1060. The summed E-state index contributed by atoms with van der Waals surface area (Å²) in [5.74, 6) is 0.552. The molecule has 4 rings (SSSR count). The van der Waals surface area contributed by atoms with Gasteiger partial charge in [-0.25, -0.2) is 0 Å². The van der Waals surface area contributed by atoms with Crippen LogP contribution >= 0.6 is 0 Å². The highest BCUT2D eigenvalue weighted by Crippen LogP contribution is 2.37. The fourth-order valence-electron chi connectivity index (χ4n) is 4.62. The molecule has 0 N–H and O–H groups in total. The zero-order valence-corrected chi connectivity index (χ0v) is 19.7. The number of piperidine rings is 1. The Morgan fingerprint density at radius 2 is 1.61 bits per heavy atom. The van der Waals surface area contributed by atoms with Gasteiger partial charge in [-0.15, -0.1) is 0 Å². The van der Waals surface area contributed by atoms with Crippen molar-refractivity contribution in [3.63, 3.8) is 0 Å². The van der Waals surface area contributed by atoms with Crippen LogP contribution in [-0.2, 0) is 16.1 Å². The number of hydrogen-bond acceptors (Lipinski definition) is 6. The predicted octanol–water partition coefficient (Wildman–Crippen LogP) is 3.01. The van der Waals surface area contributed by atoms with Crippen LogP contribution in [0.4, 0.5) is 0 Å². The van der Waals surface area contributed by atoms with Crippen LogP contribution in [0.5, 0.6) is 11.5 Å². The highest BCUT2D eigenvalue weighted by atomic mass is 16.5. The summed E-state index contributed by atoms with van der Waals surface area (Å²) in [6.45, 7) is 2.16. The molecule has 2 aliphatic heterocycles. The van der Waals surface area contributed by atoms with Crippen LogP contribution in [0.2, 0.25) is 0 Å². The minimum absolute atomic E-state index is 0.194. The maximum atomic E-state index is 13.7. The molecule has 0 aromatic heterocycles. The van der Waals surface area contributed by atoms with E-state index in [4.69, 9.17) is 9.47 Å². The largest absolute Gasteiger partial charge is 0.493 e. The van der Waals surface area contributed by atoms with Gasteiger partial charge in [-0.1, -0.05) is 36.4 Å². The molecule has 0 aliphatic carbocycles. The third kappa shape index (κ3) is 4.46. The van der Waals surface area contributed by atoms with Gasteiger partial charge in [0.1, 0.15) is 5.70 Å². The topological polar surface area (TPSA) is 62.3 Å². The smallest absolute Gasteiger partial charge is 0.278 e. The molecule has 0 atom stereocenters. The molecule has 1 saturated heterocycles. The van der Waals surface area contributed by atoms with Crippen LogP contribution in [-0.4, -0.2) is 74.0 Å². The second kappa shape index (κ2) is 9.67. The van der Waals surface area contributed by atoms with Crippen molar-refractivity contribution in [2.75, 3.05) is 41.4 Å². The number of imide groups is 1. The number of methoxy groups -OCH3 is 2. The number of rotatable bonds is 7. The molecule has 0 unspecified atom stereocenters. The second-order valence-electron chi connectivity index (χ2n) is 8.62. The van der Waals surface area contributed by atoms with Gasteiger partial charge in [-0.3, -0.25) is 14.5 Å². The van der Waals surface area contributed by atoms with Gasteiger partial charge in [0, 0.05) is 13.1 Å². The van der Waals surface area contributed by atoms with E-state index >= 15 is 0 Å². The van der Waals surface area contributed by atoms with Crippen molar-refractivity contribution in [3.8, 4) is 11.5 Å². The first-order valence-electron chi connectivity index (χ1n) is 11.2. The van der Waals surface area contributed by atoms with Gasteiger partial charge >= 0.3 is 0 Å². The van der Waals surface area contributed by atoms with Crippen LogP contribution < -0.4 is 9.47 Å². The minimum Gasteiger partial charge on any atom is -0.493 e. The molecule has 0 spiro atoms. The molecular formula is C26H31N3O4. The van der Waals surface area contributed by atoms with Crippen LogP contribution in [0.1, 0.15) is 24.0 Å². The molecule has 0 bridgehead atoms. The lowest BCUT2D eigenvalue weighted by molar-refractivity contribution is -0.138. The van der Waals surface area contributed by atoms with Crippen LogP contribution in [0, 0.1) is 0 Å². The van der Waals surface area contributed by atoms with Gasteiger partial charge in [0.2, 0.25) is 0 Å². The summed E-state index contributed by atoms with van der Waals surface area (Å²) in [7, 11) is 7.17. The molecule has 2 amide bonds. The third-order valence-corrected chi connectivity index (χ3v) is 6.59. The SMILES string of the molecule is COc1ccc(C2=C(N(C)C3CCN(C)CC3)C(=O)N(Cc3ccccc3)C2=O)cc1OC. The average molecular weight is 450 g/mol. The minimum atomic E-state index is -0.286. The Balaban J connectivity index is 1.76. The molecule has 2 aliphatic rings. The normalized spacial score (nSPS) is 17.6. The van der Waals surface area contributed by atoms with Crippen molar-refractivity contribution in [2.45, 2.75) is 25.4 Å². The zero-order chi connectivity index (χ0) is 23.5. The lowest BCUT2D eigenvalue weighted by atomic mass is 10.00. The van der Waals surface area contributed by atoms with Gasteiger partial charge in [0.25, 0.3) is 11.8 Å². The molecule has 33 heavy (non-hydrogen) atoms. The molecule has 7 heteroatoms. The lowest BCUT2D eigenvalue weighted by Gasteiger charge is -2.36. The predicted molar refractivity (Wildman–Crippen MR) is 127 cm³/mol. The number of hydrogen-bond donors (Lipinski definition) is 0. The zero-order valence-electron chi connectivity index (χ0n) is 19.7. The number of likely N-dealkylation sites (N-methyl/N-ethyl adjacent to an activating group) is 1. The van der Waals surface area contributed by atoms with Crippen molar-refractivity contribution in [1.29, 1.82) is 0 Å². The Kier molecular flexibility index (Phi) is 6.70. The molecule has 2 aromatic rings. The average Bonchev–Trinajstić information content (AvgIpc) is 3.09. The van der Waals surface area contributed by atoms with Gasteiger partial charge in [0.05, 0.1) is 26.3 Å². The Labute approximate surface area is 195 Å². The number of nitrogens with zero attached hydrogens (tertiary/aromatic N) is 3. The van der Waals surface area contributed by atoms with E-state index in [9.17, 15) is 9.59 Å². The summed E-state index contributed by atoms with van der Waals surface area (Å²) >= 11 is 0. The van der Waals surface area contributed by atoms with Gasteiger partial charge in [-0.2, -0.15) is 0 Å². The molecule has 0 saturated carbocycles. The molecule has 2 aromatic carbocycles.